The van der Waals surface area contributed by atoms with Crippen LogP contribution < -0.4 is 0 Å². The van der Waals surface area contributed by atoms with E-state index in [-0.39, 0.29) is 32.2 Å². The fraction of sp³-hybridized carbons (Fsp3) is 0.913. The summed E-state index contributed by atoms with van der Waals surface area (Å²) < 4.78 is 10.1. The van der Waals surface area contributed by atoms with Crippen molar-refractivity contribution < 1.29 is 50.3 Å². The smallest absolute Gasteiger partial charge is 0.157 e. The Labute approximate surface area is 197 Å². The first-order chi connectivity index (χ1) is 15.4. The molecular formula is C23H46O10. The van der Waals surface area contributed by atoms with Gasteiger partial charge in [0, 0.05) is 32.1 Å². The molecule has 198 valence electrons. The molecule has 2 rings (SSSR count). The molecule has 8 N–H and O–H groups in total. The highest BCUT2D eigenvalue weighted by Crippen LogP contribution is 2.23. The van der Waals surface area contributed by atoms with E-state index in [0.29, 0.717) is 31.6 Å². The predicted octanol–water partition coefficient (Wildman–Crippen LogP) is -0.215. The van der Waals surface area contributed by atoms with E-state index in [9.17, 15) is 10.2 Å². The van der Waals surface area contributed by atoms with Crippen LogP contribution in [0, 0.1) is 5.92 Å². The van der Waals surface area contributed by atoms with Crippen molar-refractivity contribution >= 4 is 0 Å². The first kappa shape index (κ1) is 32.3. The topological polar surface area (TPSA) is 180 Å². The zero-order chi connectivity index (χ0) is 25.6. The van der Waals surface area contributed by atoms with Gasteiger partial charge in [0.1, 0.15) is 0 Å². The van der Waals surface area contributed by atoms with Crippen LogP contribution in [-0.4, -0.2) is 103 Å². The Balaban J connectivity index is 0.000000467. The minimum Gasteiger partial charge on any atom is -0.394 e. The summed E-state index contributed by atoms with van der Waals surface area (Å²) in [5.74, 6) is 0.361. The molecule has 0 aromatic heterocycles. The van der Waals surface area contributed by atoms with Crippen LogP contribution in [0.2, 0.25) is 0 Å². The lowest BCUT2D eigenvalue weighted by molar-refractivity contribution is -0.199. The van der Waals surface area contributed by atoms with Gasteiger partial charge in [-0.05, 0) is 26.2 Å². The van der Waals surface area contributed by atoms with Crippen molar-refractivity contribution in [1.82, 2.24) is 0 Å². The highest BCUT2D eigenvalue weighted by molar-refractivity contribution is 4.97. The van der Waals surface area contributed by atoms with Crippen LogP contribution in [0.5, 0.6) is 0 Å². The number of ether oxygens (including phenoxy) is 2. The van der Waals surface area contributed by atoms with E-state index in [0.717, 1.165) is 5.57 Å². The van der Waals surface area contributed by atoms with E-state index < -0.39 is 43.1 Å². The lowest BCUT2D eigenvalue weighted by atomic mass is 9.97. The van der Waals surface area contributed by atoms with Crippen molar-refractivity contribution in [2.45, 2.75) is 115 Å². The standard InChI is InChI=1S/C9H18O3.C8H16O3.C6H12O4/c1-3-7(2)4-8(11)5-9(12)6-10;1-5(2)7-3-6(9)4-8(10)11-7;7-3-5-1-4(8)2-6(9)10-5/h3,8-12H,4-6H2,1-2H3;5-10H,3-4H2,1-2H3;4-9H,1-3H2/t8-,9+;6-,7?,8?;4?,5-,6+/m100/s1. The van der Waals surface area contributed by atoms with Crippen molar-refractivity contribution in [3.05, 3.63) is 11.6 Å². The molecule has 0 bridgehead atoms. The Morgan fingerprint density at radius 2 is 1.42 bits per heavy atom. The number of rotatable bonds is 7. The molecular weight excluding hydrogens is 436 g/mol. The molecule has 2 saturated heterocycles. The number of aliphatic hydroxyl groups is 8. The molecule has 0 aromatic carbocycles. The van der Waals surface area contributed by atoms with Gasteiger partial charge >= 0.3 is 0 Å². The van der Waals surface area contributed by atoms with Crippen molar-refractivity contribution in [3.8, 4) is 0 Å². The van der Waals surface area contributed by atoms with E-state index in [1.54, 1.807) is 0 Å². The van der Waals surface area contributed by atoms with Crippen LogP contribution in [0.4, 0.5) is 0 Å². The van der Waals surface area contributed by atoms with Crippen molar-refractivity contribution in [3.63, 3.8) is 0 Å². The van der Waals surface area contributed by atoms with Gasteiger partial charge < -0.3 is 50.3 Å². The van der Waals surface area contributed by atoms with Crippen molar-refractivity contribution in [2.75, 3.05) is 13.2 Å². The summed E-state index contributed by atoms with van der Waals surface area (Å²) in [6, 6.07) is 0. The third kappa shape index (κ3) is 15.8. The summed E-state index contributed by atoms with van der Waals surface area (Å²) in [7, 11) is 0. The maximum Gasteiger partial charge on any atom is 0.157 e. The summed E-state index contributed by atoms with van der Waals surface area (Å²) >= 11 is 0. The molecule has 0 spiro atoms. The number of aliphatic hydroxyl groups excluding tert-OH is 8. The predicted molar refractivity (Wildman–Crippen MR) is 122 cm³/mol. The maximum absolute atomic E-state index is 9.34. The Hall–Kier alpha value is -0.660. The molecule has 0 amide bonds. The second kappa shape index (κ2) is 17.7. The first-order valence-corrected chi connectivity index (χ1v) is 11.6. The Bertz CT molecular complexity index is 495. The van der Waals surface area contributed by atoms with Gasteiger partial charge in [0.2, 0.25) is 0 Å². The number of hydrogen-bond donors (Lipinski definition) is 8. The Kier molecular flexibility index (Phi) is 17.4. The lowest BCUT2D eigenvalue weighted by Gasteiger charge is -2.32. The first-order valence-electron chi connectivity index (χ1n) is 11.6. The molecule has 0 aliphatic carbocycles. The van der Waals surface area contributed by atoms with Crippen LogP contribution in [0.15, 0.2) is 11.6 Å². The summed E-state index contributed by atoms with van der Waals surface area (Å²) in [4.78, 5) is 0. The van der Waals surface area contributed by atoms with Gasteiger partial charge in [-0.25, -0.2) is 0 Å². The molecule has 33 heavy (non-hydrogen) atoms. The molecule has 0 radical (unpaired) electrons. The second-order valence-electron chi connectivity index (χ2n) is 9.08. The van der Waals surface area contributed by atoms with Crippen LogP contribution in [0.25, 0.3) is 0 Å². The zero-order valence-electron chi connectivity index (χ0n) is 20.3. The van der Waals surface area contributed by atoms with Crippen molar-refractivity contribution in [2.24, 2.45) is 5.92 Å². The van der Waals surface area contributed by atoms with Crippen LogP contribution in [0.3, 0.4) is 0 Å². The highest BCUT2D eigenvalue weighted by atomic mass is 16.6. The third-order valence-corrected chi connectivity index (χ3v) is 5.42. The molecule has 2 heterocycles. The molecule has 10 nitrogen and oxygen atoms in total. The van der Waals surface area contributed by atoms with E-state index in [1.807, 2.05) is 33.8 Å². The Morgan fingerprint density at radius 1 is 0.879 bits per heavy atom. The summed E-state index contributed by atoms with van der Waals surface area (Å²) in [5.41, 5.74) is 1.09. The molecule has 2 aliphatic rings. The average Bonchev–Trinajstić information content (AvgIpc) is 2.72. The third-order valence-electron chi connectivity index (χ3n) is 5.42. The largest absolute Gasteiger partial charge is 0.394 e. The number of hydrogen-bond acceptors (Lipinski definition) is 10. The molecule has 2 aliphatic heterocycles. The minimum atomic E-state index is -0.916. The van der Waals surface area contributed by atoms with Gasteiger partial charge in [-0.15, -0.1) is 0 Å². The molecule has 0 saturated carbocycles. The normalized spacial score (nSPS) is 32.2. The van der Waals surface area contributed by atoms with E-state index in [1.165, 1.54) is 0 Å². The molecule has 8 atom stereocenters. The fourth-order valence-electron chi connectivity index (χ4n) is 3.38. The Morgan fingerprint density at radius 3 is 1.85 bits per heavy atom. The molecule has 10 heteroatoms. The lowest BCUT2D eigenvalue weighted by Crippen LogP contribution is -2.38. The monoisotopic (exact) mass is 482 g/mol. The van der Waals surface area contributed by atoms with Gasteiger partial charge in [0.15, 0.2) is 12.6 Å². The number of allylic oxidation sites excluding steroid dienone is 1. The van der Waals surface area contributed by atoms with Gasteiger partial charge in [0.05, 0.1) is 49.8 Å². The van der Waals surface area contributed by atoms with E-state index >= 15 is 0 Å². The second-order valence-corrected chi connectivity index (χ2v) is 9.08. The van der Waals surface area contributed by atoms with E-state index in [2.05, 4.69) is 0 Å². The maximum atomic E-state index is 9.34. The van der Waals surface area contributed by atoms with Gasteiger partial charge in [0.25, 0.3) is 0 Å². The van der Waals surface area contributed by atoms with E-state index in [4.69, 9.17) is 40.1 Å². The molecule has 3 unspecified atom stereocenters. The van der Waals surface area contributed by atoms with Crippen LogP contribution >= 0.6 is 0 Å². The molecule has 2 fully saturated rings. The average molecular weight is 483 g/mol. The zero-order valence-corrected chi connectivity index (χ0v) is 20.3. The fourth-order valence-corrected chi connectivity index (χ4v) is 3.38. The summed E-state index contributed by atoms with van der Waals surface area (Å²) in [6.07, 6.45) is 0.00538. The van der Waals surface area contributed by atoms with Gasteiger partial charge in [-0.3, -0.25) is 0 Å². The van der Waals surface area contributed by atoms with Crippen molar-refractivity contribution in [1.29, 1.82) is 0 Å². The van der Waals surface area contributed by atoms with Crippen LogP contribution in [0.1, 0.15) is 66.2 Å². The van der Waals surface area contributed by atoms with Crippen LogP contribution in [-0.2, 0) is 9.47 Å². The highest BCUT2D eigenvalue weighted by Gasteiger charge is 2.28. The molecule has 0 aromatic rings. The summed E-state index contributed by atoms with van der Waals surface area (Å²) in [6.45, 7) is 7.45. The summed E-state index contributed by atoms with van der Waals surface area (Å²) in [5, 5.41) is 71.7. The van der Waals surface area contributed by atoms with Gasteiger partial charge in [-0.1, -0.05) is 25.5 Å². The minimum absolute atomic E-state index is 0.00810. The SMILES string of the molecule is CC(C)C1C[C@H](O)CC(O)O1.CC=C(C)C[C@@H](O)C[C@H](O)CO.OC[C@@H]1CC(O)C[C@H](O)O1. The quantitative estimate of drug-likeness (QED) is 0.226. The van der Waals surface area contributed by atoms with Gasteiger partial charge in [-0.2, -0.15) is 0 Å².